The number of hydrogen-bond donors (Lipinski definition) is 1. The van der Waals surface area contributed by atoms with Gasteiger partial charge in [0.05, 0.1) is 4.34 Å². The molecule has 1 spiro atoms. The summed E-state index contributed by atoms with van der Waals surface area (Å²) in [5.74, 6) is 0. The molecule has 3 rings (SSSR count). The number of thiophene rings is 1. The number of nitrogens with one attached hydrogen (secondary N) is 1. The molecule has 1 atom stereocenters. The van der Waals surface area contributed by atoms with Gasteiger partial charge in [0.25, 0.3) is 0 Å². The topological polar surface area (TPSA) is 12.0 Å². The Morgan fingerprint density at radius 1 is 1.38 bits per heavy atom. The molecule has 88 valence electrons. The molecule has 1 fully saturated rings. The highest BCUT2D eigenvalue weighted by molar-refractivity contribution is 7.16. The van der Waals surface area contributed by atoms with Crippen LogP contribution in [0.15, 0.2) is 6.07 Å². The summed E-state index contributed by atoms with van der Waals surface area (Å²) in [6.07, 6.45) is 8.24. The van der Waals surface area contributed by atoms with Crippen molar-refractivity contribution in [2.24, 2.45) is 0 Å². The van der Waals surface area contributed by atoms with Gasteiger partial charge in [-0.15, -0.1) is 11.3 Å². The zero-order chi connectivity index (χ0) is 11.2. The second-order valence-electron chi connectivity index (χ2n) is 5.22. The average Bonchev–Trinajstić information content (AvgIpc) is 2.79. The average molecular weight is 256 g/mol. The first-order chi connectivity index (χ1) is 7.75. The Kier molecular flexibility index (Phi) is 2.77. The maximum Gasteiger partial charge on any atom is 0.0934 e. The van der Waals surface area contributed by atoms with Crippen molar-refractivity contribution < 1.29 is 0 Å². The summed E-state index contributed by atoms with van der Waals surface area (Å²) in [6, 6.07) is 2.73. The van der Waals surface area contributed by atoms with E-state index >= 15 is 0 Å². The van der Waals surface area contributed by atoms with E-state index in [1.807, 2.05) is 11.3 Å². The predicted molar refractivity (Wildman–Crippen MR) is 70.5 cm³/mol. The van der Waals surface area contributed by atoms with Crippen LogP contribution < -0.4 is 5.32 Å². The van der Waals surface area contributed by atoms with E-state index in [4.69, 9.17) is 11.6 Å². The van der Waals surface area contributed by atoms with Gasteiger partial charge < -0.3 is 5.32 Å². The van der Waals surface area contributed by atoms with Crippen LogP contribution in [0.4, 0.5) is 0 Å². The molecule has 16 heavy (non-hydrogen) atoms. The molecule has 0 unspecified atom stereocenters. The van der Waals surface area contributed by atoms with Crippen molar-refractivity contribution in [3.05, 3.63) is 20.8 Å². The van der Waals surface area contributed by atoms with Crippen molar-refractivity contribution in [2.75, 3.05) is 7.05 Å². The highest BCUT2D eigenvalue weighted by atomic mass is 35.5. The molecule has 1 N–H and O–H groups in total. The molecule has 0 aromatic carbocycles. The fourth-order valence-corrected chi connectivity index (χ4v) is 5.11. The van der Waals surface area contributed by atoms with Crippen LogP contribution in [0.3, 0.4) is 0 Å². The standard InChI is InChI=1S/C13H18ClNS/c1-15-10-8-13(5-3-2-4-6-13)12-9(10)7-11(14)16-12/h7,10,15H,2-6,8H2,1H3/t10-/m0/s1. The zero-order valence-corrected chi connectivity index (χ0v) is 11.3. The quantitative estimate of drug-likeness (QED) is 0.790. The van der Waals surface area contributed by atoms with E-state index in [0.29, 0.717) is 11.5 Å². The van der Waals surface area contributed by atoms with E-state index in [2.05, 4.69) is 18.4 Å². The third-order valence-electron chi connectivity index (χ3n) is 4.34. The maximum atomic E-state index is 6.19. The van der Waals surface area contributed by atoms with Crippen molar-refractivity contribution in [2.45, 2.75) is 50.0 Å². The number of hydrogen-bond acceptors (Lipinski definition) is 2. The van der Waals surface area contributed by atoms with E-state index in [1.54, 1.807) is 4.88 Å². The Morgan fingerprint density at radius 2 is 2.12 bits per heavy atom. The molecule has 0 radical (unpaired) electrons. The summed E-state index contributed by atoms with van der Waals surface area (Å²) in [4.78, 5) is 1.59. The molecule has 3 heteroatoms. The molecule has 1 heterocycles. The van der Waals surface area contributed by atoms with Crippen LogP contribution in [0, 0.1) is 0 Å². The molecule has 0 saturated heterocycles. The van der Waals surface area contributed by atoms with Crippen LogP contribution in [-0.4, -0.2) is 7.05 Å². The lowest BCUT2D eigenvalue weighted by atomic mass is 9.73. The van der Waals surface area contributed by atoms with E-state index < -0.39 is 0 Å². The van der Waals surface area contributed by atoms with Gasteiger partial charge in [0.15, 0.2) is 0 Å². The van der Waals surface area contributed by atoms with Gasteiger partial charge in [-0.25, -0.2) is 0 Å². The van der Waals surface area contributed by atoms with Crippen molar-refractivity contribution in [1.82, 2.24) is 5.32 Å². The van der Waals surface area contributed by atoms with Crippen LogP contribution in [0.5, 0.6) is 0 Å². The van der Waals surface area contributed by atoms with Gasteiger partial charge in [-0.3, -0.25) is 0 Å². The van der Waals surface area contributed by atoms with Crippen LogP contribution in [-0.2, 0) is 5.41 Å². The first-order valence-electron chi connectivity index (χ1n) is 6.22. The maximum absolute atomic E-state index is 6.19. The summed E-state index contributed by atoms with van der Waals surface area (Å²) < 4.78 is 0.967. The Hall–Kier alpha value is -0.0500. The van der Waals surface area contributed by atoms with Gasteiger partial charge in [-0.2, -0.15) is 0 Å². The molecule has 0 aliphatic heterocycles. The fraction of sp³-hybridized carbons (Fsp3) is 0.692. The Bertz CT molecular complexity index is 393. The molecule has 1 nitrogen and oxygen atoms in total. The van der Waals surface area contributed by atoms with Crippen LogP contribution in [0.2, 0.25) is 4.34 Å². The van der Waals surface area contributed by atoms with Crippen LogP contribution in [0.25, 0.3) is 0 Å². The smallest absolute Gasteiger partial charge is 0.0934 e. The van der Waals surface area contributed by atoms with Crippen LogP contribution in [0.1, 0.15) is 55.0 Å². The third kappa shape index (κ3) is 1.54. The lowest BCUT2D eigenvalue weighted by Gasteiger charge is -2.34. The van der Waals surface area contributed by atoms with Gasteiger partial charge in [0.1, 0.15) is 0 Å². The summed E-state index contributed by atoms with van der Waals surface area (Å²) in [6.45, 7) is 0. The Balaban J connectivity index is 2.03. The third-order valence-corrected chi connectivity index (χ3v) is 5.87. The van der Waals surface area contributed by atoms with Crippen molar-refractivity contribution in [3.63, 3.8) is 0 Å². The van der Waals surface area contributed by atoms with Crippen molar-refractivity contribution in [3.8, 4) is 0 Å². The highest BCUT2D eigenvalue weighted by Gasteiger charge is 2.45. The van der Waals surface area contributed by atoms with E-state index in [1.165, 1.54) is 44.1 Å². The SMILES string of the molecule is CN[C@H]1CC2(CCCCC2)c2sc(Cl)cc21. The Labute approximate surface area is 106 Å². The monoisotopic (exact) mass is 255 g/mol. The summed E-state index contributed by atoms with van der Waals surface area (Å²) in [5.41, 5.74) is 1.96. The number of rotatable bonds is 1. The minimum Gasteiger partial charge on any atom is -0.313 e. The van der Waals surface area contributed by atoms with E-state index in [0.717, 1.165) is 4.34 Å². The second kappa shape index (κ2) is 4.01. The molecule has 2 aliphatic carbocycles. The Morgan fingerprint density at radius 3 is 2.81 bits per heavy atom. The van der Waals surface area contributed by atoms with E-state index in [9.17, 15) is 0 Å². The van der Waals surface area contributed by atoms with Gasteiger partial charge in [0, 0.05) is 16.3 Å². The van der Waals surface area contributed by atoms with Crippen LogP contribution >= 0.6 is 22.9 Å². The van der Waals surface area contributed by atoms with Gasteiger partial charge in [-0.05, 0) is 37.9 Å². The predicted octanol–water partition coefficient (Wildman–Crippen LogP) is 4.27. The summed E-state index contributed by atoms with van der Waals surface area (Å²) in [7, 11) is 2.07. The number of fused-ring (bicyclic) bond motifs is 2. The minimum atomic E-state index is 0.471. The molecule has 1 aromatic heterocycles. The van der Waals surface area contributed by atoms with Gasteiger partial charge in [0.2, 0.25) is 0 Å². The molecule has 2 aliphatic rings. The fourth-order valence-electron chi connectivity index (χ4n) is 3.56. The number of halogens is 1. The zero-order valence-electron chi connectivity index (χ0n) is 9.68. The van der Waals surface area contributed by atoms with Crippen molar-refractivity contribution >= 4 is 22.9 Å². The highest BCUT2D eigenvalue weighted by Crippen LogP contribution is 2.56. The molecular formula is C13H18ClNS. The van der Waals surface area contributed by atoms with Gasteiger partial charge in [-0.1, -0.05) is 30.9 Å². The lowest BCUT2D eigenvalue weighted by molar-refractivity contribution is 0.277. The van der Waals surface area contributed by atoms with E-state index in [-0.39, 0.29) is 0 Å². The first kappa shape index (κ1) is 11.1. The molecule has 0 amide bonds. The first-order valence-corrected chi connectivity index (χ1v) is 7.42. The summed E-state index contributed by atoms with van der Waals surface area (Å²) >= 11 is 8.02. The second-order valence-corrected chi connectivity index (χ2v) is 6.90. The summed E-state index contributed by atoms with van der Waals surface area (Å²) in [5, 5.41) is 3.45. The lowest BCUT2D eigenvalue weighted by Crippen LogP contribution is -2.27. The molecular weight excluding hydrogens is 238 g/mol. The van der Waals surface area contributed by atoms with Crippen molar-refractivity contribution in [1.29, 1.82) is 0 Å². The van der Waals surface area contributed by atoms with Gasteiger partial charge >= 0.3 is 0 Å². The molecule has 1 aromatic rings. The molecule has 0 bridgehead atoms. The largest absolute Gasteiger partial charge is 0.313 e. The normalized spacial score (nSPS) is 27.2. The molecule has 1 saturated carbocycles. The minimum absolute atomic E-state index is 0.471.